The van der Waals surface area contributed by atoms with Gasteiger partial charge in [0.05, 0.1) is 28.0 Å². The SMILES string of the molecule is Oc1cc(Cl)cc2c1NC(Nc1cccc3cn[nH]c13)=NS2. The van der Waals surface area contributed by atoms with E-state index in [1.165, 1.54) is 18.0 Å². The van der Waals surface area contributed by atoms with Gasteiger partial charge in [-0.15, -0.1) is 0 Å². The van der Waals surface area contributed by atoms with Crippen LogP contribution in [0, 0.1) is 0 Å². The zero-order chi connectivity index (χ0) is 15.1. The van der Waals surface area contributed by atoms with Crippen molar-refractivity contribution >= 4 is 51.8 Å². The Labute approximate surface area is 134 Å². The van der Waals surface area contributed by atoms with E-state index in [1.807, 2.05) is 18.2 Å². The minimum Gasteiger partial charge on any atom is -0.506 e. The maximum absolute atomic E-state index is 10.0. The number of aromatic nitrogens is 2. The Morgan fingerprint density at radius 1 is 1.27 bits per heavy atom. The molecule has 1 aliphatic rings. The first-order chi connectivity index (χ1) is 10.7. The number of aromatic hydroxyl groups is 1. The van der Waals surface area contributed by atoms with Crippen LogP contribution in [0.4, 0.5) is 11.4 Å². The highest BCUT2D eigenvalue weighted by Crippen LogP contribution is 2.40. The summed E-state index contributed by atoms with van der Waals surface area (Å²) in [6.45, 7) is 0. The summed E-state index contributed by atoms with van der Waals surface area (Å²) < 4.78 is 4.35. The van der Waals surface area contributed by atoms with Crippen LogP contribution in [0.3, 0.4) is 0 Å². The van der Waals surface area contributed by atoms with Gasteiger partial charge in [-0.05, 0) is 12.1 Å². The van der Waals surface area contributed by atoms with E-state index >= 15 is 0 Å². The van der Waals surface area contributed by atoms with Crippen molar-refractivity contribution in [2.75, 3.05) is 10.6 Å². The molecule has 0 radical (unpaired) electrons. The molecule has 6 nitrogen and oxygen atoms in total. The molecule has 2 heterocycles. The topological polar surface area (TPSA) is 85.3 Å². The molecule has 1 aliphatic heterocycles. The van der Waals surface area contributed by atoms with Crippen molar-refractivity contribution < 1.29 is 5.11 Å². The third-order valence-electron chi connectivity index (χ3n) is 3.25. The number of H-pyrrole nitrogens is 1. The van der Waals surface area contributed by atoms with Crippen molar-refractivity contribution in [1.82, 2.24) is 10.2 Å². The first-order valence-electron chi connectivity index (χ1n) is 6.44. The summed E-state index contributed by atoms with van der Waals surface area (Å²) in [7, 11) is 0. The van der Waals surface area contributed by atoms with E-state index in [2.05, 4.69) is 25.2 Å². The molecule has 110 valence electrons. The lowest BCUT2D eigenvalue weighted by Gasteiger charge is -2.19. The molecule has 0 saturated carbocycles. The third-order valence-corrected chi connectivity index (χ3v) is 4.27. The molecule has 0 spiro atoms. The molecule has 4 rings (SSSR count). The zero-order valence-electron chi connectivity index (χ0n) is 11.1. The predicted molar refractivity (Wildman–Crippen MR) is 89.7 cm³/mol. The molecule has 22 heavy (non-hydrogen) atoms. The molecule has 8 heteroatoms. The first-order valence-corrected chi connectivity index (χ1v) is 7.59. The number of aromatic amines is 1. The number of nitrogens with one attached hydrogen (secondary N) is 3. The third kappa shape index (κ3) is 2.24. The molecule has 0 atom stereocenters. The number of hydrogen-bond acceptors (Lipinski definition) is 6. The van der Waals surface area contributed by atoms with Gasteiger partial charge >= 0.3 is 0 Å². The Morgan fingerprint density at radius 2 is 2.18 bits per heavy atom. The second-order valence-electron chi connectivity index (χ2n) is 4.72. The Balaban J connectivity index is 1.65. The van der Waals surface area contributed by atoms with Crippen molar-refractivity contribution in [3.63, 3.8) is 0 Å². The molecule has 2 aromatic carbocycles. The number of benzene rings is 2. The van der Waals surface area contributed by atoms with E-state index in [0.717, 1.165) is 21.5 Å². The predicted octanol–water partition coefficient (Wildman–Crippen LogP) is 3.82. The Morgan fingerprint density at radius 3 is 3.09 bits per heavy atom. The van der Waals surface area contributed by atoms with E-state index in [-0.39, 0.29) is 5.75 Å². The van der Waals surface area contributed by atoms with Crippen molar-refractivity contribution in [2.24, 2.45) is 4.40 Å². The van der Waals surface area contributed by atoms with Crippen LogP contribution in [-0.4, -0.2) is 21.3 Å². The number of guanidine groups is 1. The van der Waals surface area contributed by atoms with Gasteiger partial charge in [-0.25, -0.2) is 0 Å². The number of nitrogens with zero attached hydrogens (tertiary/aromatic N) is 2. The summed E-state index contributed by atoms with van der Waals surface area (Å²) in [5.74, 6) is 0.612. The summed E-state index contributed by atoms with van der Waals surface area (Å²) in [5, 5.41) is 24.7. The van der Waals surface area contributed by atoms with Gasteiger partial charge in [0, 0.05) is 28.4 Å². The number of anilines is 2. The van der Waals surface area contributed by atoms with Gasteiger partial charge in [0.2, 0.25) is 5.96 Å². The number of fused-ring (bicyclic) bond motifs is 2. The largest absolute Gasteiger partial charge is 0.506 e. The maximum Gasteiger partial charge on any atom is 0.212 e. The van der Waals surface area contributed by atoms with Crippen molar-refractivity contribution in [3.8, 4) is 5.75 Å². The smallest absolute Gasteiger partial charge is 0.212 e. The highest BCUT2D eigenvalue weighted by molar-refractivity contribution is 7.98. The van der Waals surface area contributed by atoms with Crippen LogP contribution in [-0.2, 0) is 0 Å². The molecule has 4 N–H and O–H groups in total. The van der Waals surface area contributed by atoms with Crippen LogP contribution < -0.4 is 10.6 Å². The molecule has 0 unspecified atom stereocenters. The molecule has 3 aromatic rings. The Kier molecular flexibility index (Phi) is 3.09. The van der Waals surface area contributed by atoms with E-state index in [1.54, 1.807) is 12.3 Å². The average molecular weight is 332 g/mol. The summed E-state index contributed by atoms with van der Waals surface area (Å²) in [6, 6.07) is 9.07. The zero-order valence-corrected chi connectivity index (χ0v) is 12.7. The summed E-state index contributed by atoms with van der Waals surface area (Å²) in [4.78, 5) is 0.773. The Hall–Kier alpha value is -2.38. The quantitative estimate of drug-likeness (QED) is 0.402. The summed E-state index contributed by atoms with van der Waals surface area (Å²) in [6.07, 6.45) is 1.76. The van der Waals surface area contributed by atoms with Gasteiger partial charge in [0.25, 0.3) is 0 Å². The molecule has 1 aromatic heterocycles. The molecule has 0 aliphatic carbocycles. The first kappa shape index (κ1) is 13.3. The molecular weight excluding hydrogens is 322 g/mol. The molecule has 0 saturated heterocycles. The highest BCUT2D eigenvalue weighted by Gasteiger charge is 2.18. The van der Waals surface area contributed by atoms with E-state index < -0.39 is 0 Å². The lowest BCUT2D eigenvalue weighted by atomic mass is 10.2. The van der Waals surface area contributed by atoms with Gasteiger partial charge in [-0.2, -0.15) is 9.50 Å². The number of phenols is 1. The van der Waals surface area contributed by atoms with Crippen molar-refractivity contribution in [1.29, 1.82) is 0 Å². The molecule has 0 amide bonds. The monoisotopic (exact) mass is 331 g/mol. The summed E-state index contributed by atoms with van der Waals surface area (Å²) >= 11 is 7.17. The van der Waals surface area contributed by atoms with Crippen LogP contribution in [0.2, 0.25) is 5.02 Å². The number of rotatable bonds is 1. The van der Waals surface area contributed by atoms with Crippen LogP contribution in [0.15, 0.2) is 45.8 Å². The number of hydrogen-bond donors (Lipinski definition) is 4. The van der Waals surface area contributed by atoms with Crippen LogP contribution >= 0.6 is 23.5 Å². The molecule has 0 bridgehead atoms. The van der Waals surface area contributed by atoms with E-state index in [4.69, 9.17) is 11.6 Å². The van der Waals surface area contributed by atoms with Crippen LogP contribution in [0.5, 0.6) is 5.75 Å². The fourth-order valence-corrected chi connectivity index (χ4v) is 3.24. The number of phenolic OH excluding ortho intramolecular Hbond substituents is 1. The standard InChI is InChI=1S/C14H10ClN5OS/c15-8-4-10(21)13-11(5-8)22-20-14(18-13)17-9-3-1-2-7-6-16-19-12(7)9/h1-6,21H,(H,16,19)(H2,17,18,20). The minimum absolute atomic E-state index is 0.0870. The van der Waals surface area contributed by atoms with E-state index in [0.29, 0.717) is 16.7 Å². The summed E-state index contributed by atoms with van der Waals surface area (Å²) in [5.41, 5.74) is 2.32. The van der Waals surface area contributed by atoms with Gasteiger partial charge < -0.3 is 15.7 Å². The maximum atomic E-state index is 10.0. The molecule has 0 fully saturated rings. The van der Waals surface area contributed by atoms with Gasteiger partial charge in [-0.1, -0.05) is 23.7 Å². The average Bonchev–Trinajstić information content (AvgIpc) is 2.97. The fraction of sp³-hybridized carbons (Fsp3) is 0. The lowest BCUT2D eigenvalue weighted by molar-refractivity contribution is 0.476. The lowest BCUT2D eigenvalue weighted by Crippen LogP contribution is -2.23. The Bertz CT molecular complexity index is 907. The van der Waals surface area contributed by atoms with Gasteiger partial charge in [0.15, 0.2) is 0 Å². The van der Waals surface area contributed by atoms with E-state index in [9.17, 15) is 5.11 Å². The fourth-order valence-electron chi connectivity index (χ4n) is 2.26. The second-order valence-corrected chi connectivity index (χ2v) is 5.96. The molecular formula is C14H10ClN5OS. The van der Waals surface area contributed by atoms with Gasteiger partial charge in [0.1, 0.15) is 5.75 Å². The van der Waals surface area contributed by atoms with Crippen LogP contribution in [0.25, 0.3) is 10.9 Å². The minimum atomic E-state index is 0.0870. The van der Waals surface area contributed by atoms with Crippen molar-refractivity contribution in [2.45, 2.75) is 4.90 Å². The number of para-hydroxylation sites is 1. The number of halogens is 1. The highest BCUT2D eigenvalue weighted by atomic mass is 35.5. The second kappa shape index (κ2) is 5.11. The normalized spacial score (nSPS) is 13.4. The van der Waals surface area contributed by atoms with Crippen LogP contribution in [0.1, 0.15) is 0 Å². The van der Waals surface area contributed by atoms with Gasteiger partial charge in [-0.3, -0.25) is 5.10 Å². The van der Waals surface area contributed by atoms with Crippen molar-refractivity contribution in [3.05, 3.63) is 41.6 Å².